The van der Waals surface area contributed by atoms with Gasteiger partial charge in [0.15, 0.2) is 0 Å². The number of benzene rings is 1. The fraction of sp³-hybridized carbons (Fsp3) is 0.308. The third-order valence-electron chi connectivity index (χ3n) is 2.87. The lowest BCUT2D eigenvalue weighted by atomic mass is 10.0. The summed E-state index contributed by atoms with van der Waals surface area (Å²) in [6, 6.07) is 6.48. The van der Waals surface area contributed by atoms with Crippen LogP contribution in [0, 0.1) is 10.1 Å². The van der Waals surface area contributed by atoms with Gasteiger partial charge in [0.2, 0.25) is 0 Å². The summed E-state index contributed by atoms with van der Waals surface area (Å²) in [6.45, 7) is 4.42. The molecule has 0 fully saturated rings. The highest BCUT2D eigenvalue weighted by atomic mass is 16.6. The number of aromatic nitrogens is 2. The molecule has 1 heterocycles. The van der Waals surface area contributed by atoms with Crippen molar-refractivity contribution in [3.8, 4) is 0 Å². The van der Waals surface area contributed by atoms with E-state index in [1.165, 1.54) is 12.1 Å². The van der Waals surface area contributed by atoms with E-state index < -0.39 is 10.5 Å². The molecule has 0 aliphatic carbocycles. The van der Waals surface area contributed by atoms with E-state index in [4.69, 9.17) is 5.73 Å². The normalized spacial score (nSPS) is 11.5. The molecule has 0 bridgehead atoms. The molecule has 100 valence electrons. The van der Waals surface area contributed by atoms with E-state index >= 15 is 0 Å². The van der Waals surface area contributed by atoms with Crippen LogP contribution in [-0.2, 0) is 12.1 Å². The molecule has 6 heteroatoms. The van der Waals surface area contributed by atoms with Gasteiger partial charge in [0.05, 0.1) is 22.5 Å². The average molecular weight is 260 g/mol. The van der Waals surface area contributed by atoms with Gasteiger partial charge in [0.25, 0.3) is 5.69 Å². The minimum Gasteiger partial charge on any atom is -0.328 e. The Hall–Kier alpha value is -2.21. The van der Waals surface area contributed by atoms with Crippen molar-refractivity contribution in [2.45, 2.75) is 25.9 Å². The molecule has 19 heavy (non-hydrogen) atoms. The number of hydrogen-bond acceptors (Lipinski definition) is 4. The maximum absolute atomic E-state index is 10.6. The van der Waals surface area contributed by atoms with E-state index in [1.54, 1.807) is 24.7 Å². The Morgan fingerprint density at radius 3 is 2.53 bits per heavy atom. The number of nitro groups is 1. The molecule has 0 atom stereocenters. The Morgan fingerprint density at radius 1 is 1.37 bits per heavy atom. The third-order valence-corrected chi connectivity index (χ3v) is 2.87. The van der Waals surface area contributed by atoms with Gasteiger partial charge in [-0.2, -0.15) is 0 Å². The van der Waals surface area contributed by atoms with Gasteiger partial charge in [-0.05, 0) is 19.4 Å². The van der Waals surface area contributed by atoms with Gasteiger partial charge in [-0.3, -0.25) is 10.1 Å². The first-order valence-electron chi connectivity index (χ1n) is 5.91. The molecule has 0 spiro atoms. The quantitative estimate of drug-likeness (QED) is 0.673. The lowest BCUT2D eigenvalue weighted by molar-refractivity contribution is -0.384. The second-order valence-electron chi connectivity index (χ2n) is 5.05. The van der Waals surface area contributed by atoms with Crippen LogP contribution in [0.25, 0.3) is 0 Å². The molecule has 0 amide bonds. The Balaban J connectivity index is 2.22. The molecular weight excluding hydrogens is 244 g/mol. The van der Waals surface area contributed by atoms with Crippen molar-refractivity contribution >= 4 is 5.69 Å². The van der Waals surface area contributed by atoms with Gasteiger partial charge >= 0.3 is 0 Å². The summed E-state index contributed by atoms with van der Waals surface area (Å²) in [5.74, 6) is 0. The van der Waals surface area contributed by atoms with Crippen LogP contribution < -0.4 is 5.73 Å². The largest absolute Gasteiger partial charge is 0.328 e. The van der Waals surface area contributed by atoms with Crippen LogP contribution in [0.5, 0.6) is 0 Å². The number of nitro benzene ring substituents is 1. The predicted molar refractivity (Wildman–Crippen MR) is 71.6 cm³/mol. The molecule has 0 radical (unpaired) electrons. The van der Waals surface area contributed by atoms with Gasteiger partial charge in [-0.25, -0.2) is 4.98 Å². The standard InChI is InChI=1S/C13H16N4O2/c1-13(2,14)12-7-15-9-16(12)8-10-3-5-11(6-4-10)17(18)19/h3-7,9H,8,14H2,1-2H3. The van der Waals surface area contributed by atoms with E-state index in [-0.39, 0.29) is 5.69 Å². The minimum absolute atomic E-state index is 0.0914. The Morgan fingerprint density at radius 2 is 2.00 bits per heavy atom. The van der Waals surface area contributed by atoms with Crippen LogP contribution >= 0.6 is 0 Å². The first kappa shape index (κ1) is 13.2. The summed E-state index contributed by atoms with van der Waals surface area (Å²) in [5, 5.41) is 10.6. The number of nitrogens with two attached hydrogens (primary N) is 1. The zero-order chi connectivity index (χ0) is 14.0. The minimum atomic E-state index is -0.475. The summed E-state index contributed by atoms with van der Waals surface area (Å²) >= 11 is 0. The zero-order valence-corrected chi connectivity index (χ0v) is 10.9. The van der Waals surface area contributed by atoms with E-state index in [0.29, 0.717) is 6.54 Å². The molecule has 0 aliphatic heterocycles. The van der Waals surface area contributed by atoms with Crippen molar-refractivity contribution in [1.82, 2.24) is 9.55 Å². The number of non-ortho nitro benzene ring substituents is 1. The highest BCUT2D eigenvalue weighted by molar-refractivity contribution is 5.33. The van der Waals surface area contributed by atoms with Crippen LogP contribution in [0.1, 0.15) is 25.1 Å². The third kappa shape index (κ3) is 2.97. The van der Waals surface area contributed by atoms with Gasteiger partial charge < -0.3 is 10.3 Å². The Kier molecular flexibility index (Phi) is 3.35. The molecule has 2 rings (SSSR count). The highest BCUT2D eigenvalue weighted by Crippen LogP contribution is 2.18. The molecular formula is C13H16N4O2. The topological polar surface area (TPSA) is 87.0 Å². The second-order valence-corrected chi connectivity index (χ2v) is 5.05. The van der Waals surface area contributed by atoms with Crippen molar-refractivity contribution in [2.24, 2.45) is 5.73 Å². The van der Waals surface area contributed by atoms with Crippen LogP contribution in [-0.4, -0.2) is 14.5 Å². The van der Waals surface area contributed by atoms with Crippen LogP contribution in [0.2, 0.25) is 0 Å². The maximum Gasteiger partial charge on any atom is 0.269 e. The van der Waals surface area contributed by atoms with Crippen molar-refractivity contribution < 1.29 is 4.92 Å². The fourth-order valence-electron chi connectivity index (χ4n) is 1.90. The lowest BCUT2D eigenvalue weighted by Crippen LogP contribution is -2.31. The smallest absolute Gasteiger partial charge is 0.269 e. The zero-order valence-electron chi connectivity index (χ0n) is 10.9. The van der Waals surface area contributed by atoms with Gasteiger partial charge in [-0.1, -0.05) is 12.1 Å². The highest BCUT2D eigenvalue weighted by Gasteiger charge is 2.19. The number of nitrogens with zero attached hydrogens (tertiary/aromatic N) is 3. The maximum atomic E-state index is 10.6. The number of hydrogen-bond donors (Lipinski definition) is 1. The lowest BCUT2D eigenvalue weighted by Gasteiger charge is -2.20. The van der Waals surface area contributed by atoms with Crippen LogP contribution in [0.15, 0.2) is 36.8 Å². The molecule has 2 aromatic rings. The summed E-state index contributed by atoms with van der Waals surface area (Å²) in [7, 11) is 0. The van der Waals surface area contributed by atoms with E-state index in [9.17, 15) is 10.1 Å². The first-order chi connectivity index (χ1) is 8.88. The van der Waals surface area contributed by atoms with Crippen molar-refractivity contribution in [2.75, 3.05) is 0 Å². The van der Waals surface area contributed by atoms with Crippen LogP contribution in [0.3, 0.4) is 0 Å². The second kappa shape index (κ2) is 4.81. The van der Waals surface area contributed by atoms with E-state index in [2.05, 4.69) is 4.98 Å². The van der Waals surface area contributed by atoms with E-state index in [1.807, 2.05) is 18.4 Å². The molecule has 0 aliphatic rings. The number of imidazole rings is 1. The first-order valence-corrected chi connectivity index (χ1v) is 5.91. The monoisotopic (exact) mass is 260 g/mol. The molecule has 2 N–H and O–H groups in total. The predicted octanol–water partition coefficient (Wildman–Crippen LogP) is 2.03. The van der Waals surface area contributed by atoms with E-state index in [0.717, 1.165) is 11.3 Å². The van der Waals surface area contributed by atoms with Crippen molar-refractivity contribution in [3.05, 3.63) is 58.2 Å². The van der Waals surface area contributed by atoms with Crippen molar-refractivity contribution in [3.63, 3.8) is 0 Å². The average Bonchev–Trinajstić information content (AvgIpc) is 2.77. The molecule has 0 unspecified atom stereocenters. The molecule has 6 nitrogen and oxygen atoms in total. The summed E-state index contributed by atoms with van der Waals surface area (Å²) < 4.78 is 1.95. The Labute approximate surface area is 111 Å². The summed E-state index contributed by atoms with van der Waals surface area (Å²) in [5.41, 5.74) is 7.57. The van der Waals surface area contributed by atoms with Gasteiger partial charge in [0.1, 0.15) is 0 Å². The van der Waals surface area contributed by atoms with Gasteiger partial charge in [-0.15, -0.1) is 0 Å². The fourth-order valence-corrected chi connectivity index (χ4v) is 1.90. The summed E-state index contributed by atoms with van der Waals surface area (Å²) in [6.07, 6.45) is 3.46. The molecule has 1 aromatic heterocycles. The molecule has 0 saturated carbocycles. The SMILES string of the molecule is CC(C)(N)c1cncn1Cc1ccc([N+](=O)[O-])cc1. The van der Waals surface area contributed by atoms with Crippen LogP contribution in [0.4, 0.5) is 5.69 Å². The summed E-state index contributed by atoms with van der Waals surface area (Å²) in [4.78, 5) is 14.3. The Bertz CT molecular complexity index is 581. The van der Waals surface area contributed by atoms with Gasteiger partial charge in [0, 0.05) is 24.9 Å². The number of rotatable bonds is 4. The molecule has 1 aromatic carbocycles. The molecule has 0 saturated heterocycles. The van der Waals surface area contributed by atoms with Crippen molar-refractivity contribution in [1.29, 1.82) is 0 Å².